The van der Waals surface area contributed by atoms with Crippen molar-refractivity contribution < 1.29 is 0 Å². The Morgan fingerprint density at radius 3 is 2.85 bits per heavy atom. The summed E-state index contributed by atoms with van der Waals surface area (Å²) in [7, 11) is 0. The topological polar surface area (TPSA) is 28.2 Å². The van der Waals surface area contributed by atoms with Gasteiger partial charge in [0.15, 0.2) is 0 Å². The zero-order valence-electron chi connectivity index (χ0n) is 12.0. The zero-order chi connectivity index (χ0) is 13.5. The SMILES string of the molecule is Cc1cc(C2CNN3CCC2CC3)c2ccccc2n1. The largest absolute Gasteiger partial charge is 0.255 e. The van der Waals surface area contributed by atoms with Gasteiger partial charge >= 0.3 is 0 Å². The summed E-state index contributed by atoms with van der Waals surface area (Å²) in [5.74, 6) is 1.43. The predicted molar refractivity (Wildman–Crippen MR) is 81.5 cm³/mol. The standard InChI is InChI=1S/C17H21N3/c1-12-10-15(14-4-2-3-5-17(14)19-12)16-11-18-20-8-6-13(16)7-9-20/h2-5,10,13,16,18H,6-9,11H2,1H3. The maximum absolute atomic E-state index is 4.69. The summed E-state index contributed by atoms with van der Waals surface area (Å²) in [5, 5.41) is 3.73. The minimum Gasteiger partial charge on any atom is -0.255 e. The van der Waals surface area contributed by atoms with Crippen molar-refractivity contribution in [3.8, 4) is 0 Å². The van der Waals surface area contributed by atoms with Gasteiger partial charge in [0.05, 0.1) is 5.52 Å². The number of aromatic nitrogens is 1. The third-order valence-corrected chi connectivity index (χ3v) is 4.92. The fourth-order valence-electron chi connectivity index (χ4n) is 3.87. The van der Waals surface area contributed by atoms with Gasteiger partial charge in [-0.1, -0.05) is 18.2 Å². The second-order valence-corrected chi connectivity index (χ2v) is 6.16. The first-order chi connectivity index (χ1) is 9.81. The summed E-state index contributed by atoms with van der Waals surface area (Å²) >= 11 is 0. The molecule has 0 spiro atoms. The van der Waals surface area contributed by atoms with Crippen LogP contribution in [0.15, 0.2) is 30.3 Å². The lowest BCUT2D eigenvalue weighted by Gasteiger charge is -2.28. The van der Waals surface area contributed by atoms with E-state index in [1.165, 1.54) is 36.9 Å². The molecule has 3 saturated heterocycles. The minimum atomic E-state index is 0.620. The number of benzene rings is 1. The normalized spacial score (nSPS) is 29.6. The molecular weight excluding hydrogens is 246 g/mol. The fraction of sp³-hybridized carbons (Fsp3) is 0.471. The van der Waals surface area contributed by atoms with Gasteiger partial charge in [-0.15, -0.1) is 0 Å². The van der Waals surface area contributed by atoms with Crippen LogP contribution in [0.2, 0.25) is 0 Å². The van der Waals surface area contributed by atoms with E-state index in [-0.39, 0.29) is 0 Å². The molecule has 104 valence electrons. The van der Waals surface area contributed by atoms with Crippen LogP contribution in [-0.4, -0.2) is 29.6 Å². The summed E-state index contributed by atoms with van der Waals surface area (Å²) in [5.41, 5.74) is 7.39. The maximum Gasteiger partial charge on any atom is 0.0708 e. The third-order valence-electron chi connectivity index (χ3n) is 4.92. The van der Waals surface area contributed by atoms with Crippen LogP contribution in [0.1, 0.15) is 30.0 Å². The monoisotopic (exact) mass is 267 g/mol. The Hall–Kier alpha value is -1.45. The van der Waals surface area contributed by atoms with Crippen molar-refractivity contribution in [1.29, 1.82) is 0 Å². The van der Waals surface area contributed by atoms with Crippen LogP contribution in [0.3, 0.4) is 0 Å². The second-order valence-electron chi connectivity index (χ2n) is 6.16. The van der Waals surface area contributed by atoms with Crippen LogP contribution in [-0.2, 0) is 0 Å². The molecule has 5 rings (SSSR count). The number of hydrogen-bond acceptors (Lipinski definition) is 3. The number of aryl methyl sites for hydroxylation is 1. The number of fused-ring (bicyclic) bond motifs is 5. The summed E-state index contributed by atoms with van der Waals surface area (Å²) in [6.45, 7) is 5.57. The summed E-state index contributed by atoms with van der Waals surface area (Å²) in [4.78, 5) is 4.69. The predicted octanol–water partition coefficient (Wildman–Crippen LogP) is 2.86. The third kappa shape index (κ3) is 2.02. The van der Waals surface area contributed by atoms with Crippen molar-refractivity contribution in [1.82, 2.24) is 15.4 Å². The quantitative estimate of drug-likeness (QED) is 0.861. The van der Waals surface area contributed by atoms with E-state index in [0.29, 0.717) is 5.92 Å². The van der Waals surface area contributed by atoms with Crippen LogP contribution in [0.25, 0.3) is 10.9 Å². The highest BCUT2D eigenvalue weighted by Crippen LogP contribution is 2.37. The number of piperidine rings is 1. The molecule has 3 heteroatoms. The van der Waals surface area contributed by atoms with E-state index in [9.17, 15) is 0 Å². The van der Waals surface area contributed by atoms with Gasteiger partial charge in [-0.3, -0.25) is 10.4 Å². The smallest absolute Gasteiger partial charge is 0.0708 e. The Kier molecular flexibility index (Phi) is 2.97. The number of hydrogen-bond donors (Lipinski definition) is 1. The lowest BCUT2D eigenvalue weighted by Crippen LogP contribution is -2.39. The molecule has 1 unspecified atom stereocenters. The molecule has 20 heavy (non-hydrogen) atoms. The van der Waals surface area contributed by atoms with E-state index in [1.807, 2.05) is 0 Å². The van der Waals surface area contributed by atoms with Crippen LogP contribution in [0.4, 0.5) is 0 Å². The van der Waals surface area contributed by atoms with Crippen molar-refractivity contribution >= 4 is 10.9 Å². The zero-order valence-corrected chi connectivity index (χ0v) is 12.0. The van der Waals surface area contributed by atoms with E-state index in [0.717, 1.165) is 23.7 Å². The molecule has 3 nitrogen and oxygen atoms in total. The maximum atomic E-state index is 4.69. The van der Waals surface area contributed by atoms with Gasteiger partial charge in [0.2, 0.25) is 0 Å². The molecule has 1 N–H and O–H groups in total. The van der Waals surface area contributed by atoms with E-state index in [1.54, 1.807) is 0 Å². The summed E-state index contributed by atoms with van der Waals surface area (Å²) in [6, 6.07) is 10.9. The highest BCUT2D eigenvalue weighted by atomic mass is 15.5. The molecular formula is C17H21N3. The molecule has 3 aliphatic rings. The van der Waals surface area contributed by atoms with Gasteiger partial charge in [-0.05, 0) is 43.4 Å². The molecule has 1 atom stereocenters. The van der Waals surface area contributed by atoms with Gasteiger partial charge in [0.1, 0.15) is 0 Å². The fourth-order valence-corrected chi connectivity index (χ4v) is 3.87. The number of nitrogens with one attached hydrogen (secondary N) is 1. The van der Waals surface area contributed by atoms with E-state index < -0.39 is 0 Å². The summed E-state index contributed by atoms with van der Waals surface area (Å²) < 4.78 is 0. The molecule has 3 aliphatic heterocycles. The first-order valence-corrected chi connectivity index (χ1v) is 7.66. The molecule has 1 aromatic carbocycles. The molecule has 2 bridgehead atoms. The molecule has 2 aromatic rings. The Balaban J connectivity index is 1.84. The van der Waals surface area contributed by atoms with Gasteiger partial charge in [-0.2, -0.15) is 0 Å². The molecule has 0 amide bonds. The van der Waals surface area contributed by atoms with Gasteiger partial charge in [0, 0.05) is 36.6 Å². The Labute approximate surface area is 120 Å². The lowest BCUT2D eigenvalue weighted by atomic mass is 9.80. The number of hydrazine groups is 1. The molecule has 4 heterocycles. The Bertz CT molecular complexity index is 629. The van der Waals surface area contributed by atoms with Gasteiger partial charge in [-0.25, -0.2) is 5.01 Å². The Morgan fingerprint density at radius 1 is 1.20 bits per heavy atom. The van der Waals surface area contributed by atoms with Gasteiger partial charge < -0.3 is 0 Å². The highest BCUT2D eigenvalue weighted by molar-refractivity contribution is 5.83. The number of para-hydroxylation sites is 1. The van der Waals surface area contributed by atoms with E-state index >= 15 is 0 Å². The average Bonchev–Trinajstić information content (AvgIpc) is 2.80. The number of nitrogens with zero attached hydrogens (tertiary/aromatic N) is 2. The van der Waals surface area contributed by atoms with Crippen LogP contribution in [0.5, 0.6) is 0 Å². The van der Waals surface area contributed by atoms with Crippen LogP contribution in [0, 0.1) is 12.8 Å². The van der Waals surface area contributed by atoms with Crippen LogP contribution < -0.4 is 5.43 Å². The molecule has 1 aromatic heterocycles. The van der Waals surface area contributed by atoms with E-state index in [4.69, 9.17) is 0 Å². The number of rotatable bonds is 1. The second kappa shape index (κ2) is 4.83. The molecule has 0 saturated carbocycles. The average molecular weight is 267 g/mol. The Morgan fingerprint density at radius 2 is 2.00 bits per heavy atom. The van der Waals surface area contributed by atoms with Crippen molar-refractivity contribution in [3.63, 3.8) is 0 Å². The molecule has 3 fully saturated rings. The van der Waals surface area contributed by atoms with E-state index in [2.05, 4.69) is 52.7 Å². The van der Waals surface area contributed by atoms with Crippen molar-refractivity contribution in [3.05, 3.63) is 41.6 Å². The molecule has 0 aliphatic carbocycles. The number of pyridine rings is 1. The lowest BCUT2D eigenvalue weighted by molar-refractivity contribution is 0.165. The first kappa shape index (κ1) is 12.3. The van der Waals surface area contributed by atoms with Crippen molar-refractivity contribution in [2.24, 2.45) is 5.92 Å². The first-order valence-electron chi connectivity index (χ1n) is 7.66. The van der Waals surface area contributed by atoms with Crippen molar-refractivity contribution in [2.45, 2.75) is 25.7 Å². The molecule has 0 radical (unpaired) electrons. The van der Waals surface area contributed by atoms with Crippen LogP contribution >= 0.6 is 0 Å². The van der Waals surface area contributed by atoms with Gasteiger partial charge in [0.25, 0.3) is 0 Å². The minimum absolute atomic E-state index is 0.620. The van der Waals surface area contributed by atoms with Crippen molar-refractivity contribution in [2.75, 3.05) is 19.6 Å². The highest BCUT2D eigenvalue weighted by Gasteiger charge is 2.32. The summed E-state index contributed by atoms with van der Waals surface area (Å²) in [6.07, 6.45) is 2.63.